The quantitative estimate of drug-likeness (QED) is 0.0466. The summed E-state index contributed by atoms with van der Waals surface area (Å²) in [5.74, 6) is 4.76. The molecular weight excluding hydrogens is 973 g/mol. The van der Waals surface area contributed by atoms with E-state index in [9.17, 15) is 20.1 Å². The van der Waals surface area contributed by atoms with Gasteiger partial charge in [0.15, 0.2) is 0 Å². The SMILES string of the molecule is CCCc1c(OCCCOc2cc(O)c(-c3cscn3)cc2CC)cccc1Oc1ccccc1C.CCCc1c(OCCCOc2cc(O)c(-c3cscn3)cc2CC)cccc1Oc1ccccc1C(=O)O. The molecule has 0 amide bonds. The number of phenolic OH excluding ortho intramolecular Hbond substituents is 2. The Morgan fingerprint density at radius 3 is 1.36 bits per heavy atom. The van der Waals surface area contributed by atoms with Crippen LogP contribution < -0.4 is 28.4 Å². The van der Waals surface area contributed by atoms with Crippen molar-refractivity contribution in [1.29, 1.82) is 0 Å². The Hall–Kier alpha value is -7.55. The van der Waals surface area contributed by atoms with E-state index in [1.54, 1.807) is 41.4 Å². The highest BCUT2D eigenvalue weighted by Gasteiger charge is 2.18. The highest BCUT2D eigenvalue weighted by molar-refractivity contribution is 7.08. The molecule has 0 saturated carbocycles. The van der Waals surface area contributed by atoms with Gasteiger partial charge in [0.2, 0.25) is 0 Å². The number of carbonyl (C=O) groups is 1. The third-order valence-corrected chi connectivity index (χ3v) is 13.1. The number of hydrogen-bond acceptors (Lipinski definition) is 13. The average Bonchev–Trinajstić information content (AvgIpc) is 4.16. The zero-order valence-electron chi connectivity index (χ0n) is 42.6. The summed E-state index contributed by atoms with van der Waals surface area (Å²) in [6.07, 6.45) is 6.38. The van der Waals surface area contributed by atoms with Gasteiger partial charge in [-0.2, -0.15) is 0 Å². The number of carboxylic acid groups (broad SMARTS) is 1. The van der Waals surface area contributed by atoms with Gasteiger partial charge < -0.3 is 43.7 Å². The second-order valence-corrected chi connectivity index (χ2v) is 18.7. The summed E-state index contributed by atoms with van der Waals surface area (Å²) in [4.78, 5) is 20.2. The number of rotatable bonds is 25. The van der Waals surface area contributed by atoms with E-state index < -0.39 is 5.97 Å². The van der Waals surface area contributed by atoms with Crippen molar-refractivity contribution in [2.45, 2.75) is 86.0 Å². The molecule has 12 nitrogen and oxygen atoms in total. The second kappa shape index (κ2) is 27.5. The largest absolute Gasteiger partial charge is 0.507 e. The molecule has 0 bridgehead atoms. The second-order valence-electron chi connectivity index (χ2n) is 17.2. The van der Waals surface area contributed by atoms with Crippen LogP contribution in [0.15, 0.2) is 131 Å². The highest BCUT2D eigenvalue weighted by Crippen LogP contribution is 2.39. The summed E-state index contributed by atoms with van der Waals surface area (Å²) in [6, 6.07) is 33.4. The fourth-order valence-corrected chi connectivity index (χ4v) is 9.29. The van der Waals surface area contributed by atoms with E-state index in [0.29, 0.717) is 73.6 Å². The summed E-state index contributed by atoms with van der Waals surface area (Å²) in [5, 5.41) is 34.4. The van der Waals surface area contributed by atoms with E-state index in [0.717, 1.165) is 101 Å². The van der Waals surface area contributed by atoms with Crippen LogP contribution in [0.25, 0.3) is 22.5 Å². The van der Waals surface area contributed by atoms with Gasteiger partial charge in [-0.05, 0) is 104 Å². The maximum absolute atomic E-state index is 11.6. The normalized spacial score (nSPS) is 10.8. The zero-order chi connectivity index (χ0) is 52.2. The minimum Gasteiger partial charge on any atom is -0.507 e. The van der Waals surface area contributed by atoms with Crippen molar-refractivity contribution < 1.29 is 48.5 Å². The number of para-hydroxylation sites is 2. The van der Waals surface area contributed by atoms with Gasteiger partial charge in [-0.1, -0.05) is 83.0 Å². The number of benzene rings is 6. The van der Waals surface area contributed by atoms with Gasteiger partial charge >= 0.3 is 5.97 Å². The maximum atomic E-state index is 11.6. The molecule has 386 valence electrons. The predicted molar refractivity (Wildman–Crippen MR) is 294 cm³/mol. The number of nitrogens with zero attached hydrogens (tertiary/aromatic N) is 2. The number of hydrogen-bond donors (Lipinski definition) is 3. The fraction of sp³-hybridized carbons (Fsp3) is 0.283. The van der Waals surface area contributed by atoms with E-state index in [2.05, 4.69) is 30.7 Å². The van der Waals surface area contributed by atoms with Crippen molar-refractivity contribution >= 4 is 28.6 Å². The molecule has 8 rings (SSSR count). The van der Waals surface area contributed by atoms with Crippen LogP contribution in [0.2, 0.25) is 0 Å². The van der Waals surface area contributed by atoms with Crippen molar-refractivity contribution in [2.24, 2.45) is 0 Å². The van der Waals surface area contributed by atoms with Gasteiger partial charge in [0.25, 0.3) is 0 Å². The number of carboxylic acids is 1. The van der Waals surface area contributed by atoms with E-state index in [4.69, 9.17) is 28.4 Å². The first-order chi connectivity index (χ1) is 36.1. The van der Waals surface area contributed by atoms with Crippen molar-refractivity contribution in [1.82, 2.24) is 9.97 Å². The molecule has 2 aromatic heterocycles. The lowest BCUT2D eigenvalue weighted by Crippen LogP contribution is -2.08. The van der Waals surface area contributed by atoms with Gasteiger partial charge in [-0.15, -0.1) is 22.7 Å². The molecule has 0 fully saturated rings. The minimum atomic E-state index is -1.04. The number of aromatic nitrogens is 2. The Morgan fingerprint density at radius 1 is 0.514 bits per heavy atom. The highest BCUT2D eigenvalue weighted by atomic mass is 32.1. The summed E-state index contributed by atoms with van der Waals surface area (Å²) in [7, 11) is 0. The van der Waals surface area contributed by atoms with Crippen LogP contribution in [0.1, 0.15) is 91.6 Å². The lowest BCUT2D eigenvalue weighted by atomic mass is 10.0. The molecule has 14 heteroatoms. The molecule has 74 heavy (non-hydrogen) atoms. The fourth-order valence-electron chi connectivity index (χ4n) is 8.18. The average molecular weight is 1040 g/mol. The monoisotopic (exact) mass is 1040 g/mol. The molecule has 0 aliphatic heterocycles. The van der Waals surface area contributed by atoms with Crippen LogP contribution in [0, 0.1) is 6.92 Å². The minimum absolute atomic E-state index is 0.107. The molecule has 6 aromatic carbocycles. The third kappa shape index (κ3) is 14.4. The number of aromatic carboxylic acids is 1. The summed E-state index contributed by atoms with van der Waals surface area (Å²) in [6.45, 7) is 12.3. The van der Waals surface area contributed by atoms with Crippen LogP contribution in [0.5, 0.6) is 57.5 Å². The molecular formula is C60H64N2O10S2. The molecule has 2 heterocycles. The lowest BCUT2D eigenvalue weighted by Gasteiger charge is -2.17. The molecule has 0 saturated heterocycles. The van der Waals surface area contributed by atoms with Gasteiger partial charge in [0.1, 0.15) is 63.1 Å². The molecule has 8 aromatic rings. The maximum Gasteiger partial charge on any atom is 0.339 e. The third-order valence-electron chi connectivity index (χ3n) is 12.0. The first-order valence-electron chi connectivity index (χ1n) is 25.1. The van der Waals surface area contributed by atoms with E-state index in [1.807, 2.05) is 97.4 Å². The number of aryl methyl sites for hydroxylation is 3. The summed E-state index contributed by atoms with van der Waals surface area (Å²) < 4.78 is 36.6. The Balaban J connectivity index is 0.000000217. The van der Waals surface area contributed by atoms with Crippen LogP contribution in [0.4, 0.5) is 0 Å². The van der Waals surface area contributed by atoms with Gasteiger partial charge in [-0.3, -0.25) is 0 Å². The summed E-state index contributed by atoms with van der Waals surface area (Å²) >= 11 is 2.99. The molecule has 0 aliphatic carbocycles. The zero-order valence-corrected chi connectivity index (χ0v) is 44.2. The Bertz CT molecular complexity index is 3050. The molecule has 0 spiro atoms. The number of ether oxygens (including phenoxy) is 6. The molecule has 0 atom stereocenters. The van der Waals surface area contributed by atoms with Crippen LogP contribution in [-0.2, 0) is 25.7 Å². The van der Waals surface area contributed by atoms with Crippen molar-refractivity contribution in [2.75, 3.05) is 26.4 Å². The van der Waals surface area contributed by atoms with Gasteiger partial charge in [0, 0.05) is 58.0 Å². The smallest absolute Gasteiger partial charge is 0.339 e. The van der Waals surface area contributed by atoms with Crippen molar-refractivity contribution in [3.8, 4) is 80.0 Å². The lowest BCUT2D eigenvalue weighted by molar-refractivity contribution is 0.0694. The number of phenols is 2. The summed E-state index contributed by atoms with van der Waals surface area (Å²) in [5.41, 5.74) is 11.7. The van der Waals surface area contributed by atoms with E-state index >= 15 is 0 Å². The number of aromatic hydroxyl groups is 2. The Morgan fingerprint density at radius 2 is 0.932 bits per heavy atom. The Kier molecular flexibility index (Phi) is 20.1. The number of thiazole rings is 2. The predicted octanol–water partition coefficient (Wildman–Crippen LogP) is 15.3. The van der Waals surface area contributed by atoms with Gasteiger partial charge in [0.05, 0.1) is 48.8 Å². The molecule has 0 aliphatic rings. The molecule has 0 radical (unpaired) electrons. The molecule has 0 unspecified atom stereocenters. The topological polar surface area (TPSA) is 159 Å². The van der Waals surface area contributed by atoms with Gasteiger partial charge in [-0.25, -0.2) is 14.8 Å². The van der Waals surface area contributed by atoms with Crippen molar-refractivity contribution in [3.05, 3.63) is 164 Å². The first kappa shape index (κ1) is 54.2. The standard InChI is InChI=1S/C30H31NO6S.C30H33NO4S/c1-3-9-21-26(12-7-13-27(21)37-28-11-6-5-10-22(28)30(33)34)35-14-8-15-36-29-17-25(32)23(16-20(29)4-2)24-18-38-19-31-24;1-4-10-23-28(13-8-14-29(23)35-27-12-7-6-11-21(27)3)33-15-9-16-34-30-18-26(32)24(17-22(30)5-2)25-19-36-20-31-25/h5-7,10-13,16-19,32H,3-4,8-9,14-15H2,1-2H3,(H,33,34);6-8,11-14,17-20,32H,4-5,9-10,15-16H2,1-3H3. The van der Waals surface area contributed by atoms with Crippen molar-refractivity contribution in [3.63, 3.8) is 0 Å². The first-order valence-corrected chi connectivity index (χ1v) is 27.0. The van der Waals surface area contributed by atoms with Crippen LogP contribution in [-0.4, -0.2) is 57.7 Å². The van der Waals surface area contributed by atoms with Crippen LogP contribution >= 0.6 is 22.7 Å². The van der Waals surface area contributed by atoms with E-state index in [-0.39, 0.29) is 17.1 Å². The van der Waals surface area contributed by atoms with Crippen LogP contribution in [0.3, 0.4) is 0 Å². The Labute approximate surface area is 441 Å². The molecule has 3 N–H and O–H groups in total. The van der Waals surface area contributed by atoms with E-state index in [1.165, 1.54) is 28.7 Å².